The number of aryl methyl sites for hydroxylation is 1. The van der Waals surface area contributed by atoms with Crippen molar-refractivity contribution in [1.82, 2.24) is 19.8 Å². The standard InChI is InChI=1S/C24H29N5O/c1-27(2)24(18-7-5-4-6-8-18)13-11-23(12-14-24)17-29(22(30)26-23)20-9-15-25-21-19(20)10-16-28(21)3/h4-10,15-16H,11-14,17H2,1-3H3,(H,26,30). The monoisotopic (exact) mass is 403 g/mol. The maximum atomic E-state index is 13.0. The van der Waals surface area contributed by atoms with E-state index in [1.165, 1.54) is 5.56 Å². The van der Waals surface area contributed by atoms with E-state index >= 15 is 0 Å². The molecule has 2 aromatic heterocycles. The fraction of sp³-hybridized carbons (Fsp3) is 0.417. The fourth-order valence-corrected chi connectivity index (χ4v) is 5.46. The molecular weight excluding hydrogens is 374 g/mol. The molecule has 5 rings (SSSR count). The van der Waals surface area contributed by atoms with E-state index in [1.807, 2.05) is 34.8 Å². The fourth-order valence-electron chi connectivity index (χ4n) is 5.46. The summed E-state index contributed by atoms with van der Waals surface area (Å²) in [4.78, 5) is 21.8. The molecule has 0 unspecified atom stereocenters. The van der Waals surface area contributed by atoms with E-state index in [1.54, 1.807) is 6.20 Å². The highest BCUT2D eigenvalue weighted by molar-refractivity contribution is 6.03. The lowest BCUT2D eigenvalue weighted by Gasteiger charge is -2.48. The summed E-state index contributed by atoms with van der Waals surface area (Å²) in [7, 11) is 6.33. The predicted octanol–water partition coefficient (Wildman–Crippen LogP) is 3.87. The average molecular weight is 404 g/mol. The molecule has 0 radical (unpaired) electrons. The summed E-state index contributed by atoms with van der Waals surface area (Å²) in [6.45, 7) is 0.706. The van der Waals surface area contributed by atoms with Crippen molar-refractivity contribution in [3.8, 4) is 0 Å². The molecule has 1 aliphatic carbocycles. The van der Waals surface area contributed by atoms with Crippen LogP contribution in [-0.4, -0.2) is 46.7 Å². The largest absolute Gasteiger partial charge is 0.336 e. The van der Waals surface area contributed by atoms with Gasteiger partial charge in [-0.1, -0.05) is 30.3 Å². The summed E-state index contributed by atoms with van der Waals surface area (Å²) in [5.74, 6) is 0. The van der Waals surface area contributed by atoms with Gasteiger partial charge in [0.15, 0.2) is 0 Å². The lowest BCUT2D eigenvalue weighted by atomic mass is 9.69. The Labute approximate surface area is 177 Å². The first-order valence-corrected chi connectivity index (χ1v) is 10.7. The molecule has 30 heavy (non-hydrogen) atoms. The van der Waals surface area contributed by atoms with Gasteiger partial charge in [-0.15, -0.1) is 0 Å². The molecule has 6 heteroatoms. The number of nitrogens with one attached hydrogen (secondary N) is 1. The SMILES string of the molecule is CN(C)C1(c2ccccc2)CCC2(CC1)CN(c1ccnc3c1ccn3C)C(=O)N2. The second-order valence-electron chi connectivity index (χ2n) is 9.08. The van der Waals surface area contributed by atoms with Gasteiger partial charge in [0.25, 0.3) is 0 Å². The third-order valence-electron chi connectivity index (χ3n) is 7.32. The molecule has 2 amide bonds. The van der Waals surface area contributed by atoms with Crippen molar-refractivity contribution in [2.75, 3.05) is 25.5 Å². The molecule has 1 aromatic carbocycles. The van der Waals surface area contributed by atoms with Crippen molar-refractivity contribution >= 4 is 22.8 Å². The predicted molar refractivity (Wildman–Crippen MR) is 120 cm³/mol. The average Bonchev–Trinajstić information content (AvgIpc) is 3.29. The Morgan fingerprint density at radius 2 is 1.77 bits per heavy atom. The number of rotatable bonds is 3. The van der Waals surface area contributed by atoms with Gasteiger partial charge in [0.1, 0.15) is 5.65 Å². The van der Waals surface area contributed by atoms with Gasteiger partial charge < -0.3 is 9.88 Å². The van der Waals surface area contributed by atoms with Gasteiger partial charge in [-0.2, -0.15) is 0 Å². The van der Waals surface area contributed by atoms with E-state index in [-0.39, 0.29) is 17.1 Å². The Balaban J connectivity index is 1.42. The first-order valence-electron chi connectivity index (χ1n) is 10.7. The van der Waals surface area contributed by atoms with E-state index in [0.29, 0.717) is 6.54 Å². The minimum absolute atomic E-state index is 0.00316. The molecule has 3 aromatic rings. The number of amides is 2. The molecule has 156 valence electrons. The lowest BCUT2D eigenvalue weighted by Crippen LogP contribution is -2.54. The molecule has 0 bridgehead atoms. The van der Waals surface area contributed by atoms with Gasteiger partial charge in [-0.3, -0.25) is 9.80 Å². The number of anilines is 1. The number of carbonyl (C=O) groups is 1. The van der Waals surface area contributed by atoms with Gasteiger partial charge in [-0.05, 0) is 57.5 Å². The first kappa shape index (κ1) is 19.1. The van der Waals surface area contributed by atoms with E-state index in [4.69, 9.17) is 0 Å². The summed E-state index contributed by atoms with van der Waals surface area (Å²) in [5, 5.41) is 4.38. The number of fused-ring (bicyclic) bond motifs is 1. The third kappa shape index (κ3) is 2.82. The number of carbonyl (C=O) groups excluding carboxylic acids is 1. The van der Waals surface area contributed by atoms with Crippen LogP contribution in [0.2, 0.25) is 0 Å². The van der Waals surface area contributed by atoms with Crippen molar-refractivity contribution in [1.29, 1.82) is 0 Å². The van der Waals surface area contributed by atoms with Crippen LogP contribution in [0.15, 0.2) is 54.9 Å². The maximum Gasteiger partial charge on any atom is 0.322 e. The first-order chi connectivity index (χ1) is 14.4. The van der Waals surface area contributed by atoms with Crippen LogP contribution in [0.1, 0.15) is 31.2 Å². The number of urea groups is 1. The number of nitrogens with zero attached hydrogens (tertiary/aromatic N) is 4. The van der Waals surface area contributed by atoms with E-state index < -0.39 is 0 Å². The van der Waals surface area contributed by atoms with Crippen molar-refractivity contribution in [3.63, 3.8) is 0 Å². The normalized spacial score (nSPS) is 26.7. The zero-order chi connectivity index (χ0) is 20.9. The van der Waals surface area contributed by atoms with Gasteiger partial charge in [-0.25, -0.2) is 9.78 Å². The highest BCUT2D eigenvalue weighted by Gasteiger charge is 2.50. The van der Waals surface area contributed by atoms with Crippen LogP contribution in [0.25, 0.3) is 11.0 Å². The molecule has 0 atom stereocenters. The van der Waals surface area contributed by atoms with Crippen LogP contribution in [0.4, 0.5) is 10.5 Å². The van der Waals surface area contributed by atoms with E-state index in [0.717, 1.165) is 42.4 Å². The van der Waals surface area contributed by atoms with E-state index in [9.17, 15) is 4.79 Å². The molecule has 6 nitrogen and oxygen atoms in total. The van der Waals surface area contributed by atoms with Crippen molar-refractivity contribution < 1.29 is 4.79 Å². The Bertz CT molecular complexity index is 1080. The van der Waals surface area contributed by atoms with Crippen molar-refractivity contribution in [2.24, 2.45) is 7.05 Å². The van der Waals surface area contributed by atoms with Crippen LogP contribution in [0.5, 0.6) is 0 Å². The summed E-state index contributed by atoms with van der Waals surface area (Å²) in [6, 6.07) is 14.8. The highest BCUT2D eigenvalue weighted by atomic mass is 16.2. The number of aromatic nitrogens is 2. The van der Waals surface area contributed by atoms with Crippen LogP contribution in [0.3, 0.4) is 0 Å². The summed E-state index contributed by atoms with van der Waals surface area (Å²) in [5.41, 5.74) is 3.07. The second-order valence-corrected chi connectivity index (χ2v) is 9.08. The smallest absolute Gasteiger partial charge is 0.322 e. The molecule has 1 saturated carbocycles. The van der Waals surface area contributed by atoms with Gasteiger partial charge in [0, 0.05) is 30.4 Å². The summed E-state index contributed by atoms with van der Waals surface area (Å²) < 4.78 is 1.99. The topological polar surface area (TPSA) is 53.4 Å². The molecule has 1 N–H and O–H groups in total. The van der Waals surface area contributed by atoms with Gasteiger partial charge >= 0.3 is 6.03 Å². The zero-order valence-corrected chi connectivity index (χ0v) is 17.9. The van der Waals surface area contributed by atoms with E-state index in [2.05, 4.69) is 59.6 Å². The highest BCUT2D eigenvalue weighted by Crippen LogP contribution is 2.46. The molecule has 1 aliphatic heterocycles. The van der Waals surface area contributed by atoms with Crippen LogP contribution < -0.4 is 10.2 Å². The van der Waals surface area contributed by atoms with Crippen LogP contribution >= 0.6 is 0 Å². The summed E-state index contributed by atoms with van der Waals surface area (Å²) in [6.07, 6.45) is 7.77. The second kappa shape index (κ2) is 6.84. The Morgan fingerprint density at radius 3 is 2.47 bits per heavy atom. The zero-order valence-electron chi connectivity index (χ0n) is 17.9. The Morgan fingerprint density at radius 1 is 1.03 bits per heavy atom. The summed E-state index contributed by atoms with van der Waals surface area (Å²) >= 11 is 0. The molecule has 1 spiro atoms. The van der Waals surface area contributed by atoms with Gasteiger partial charge in [0.05, 0.1) is 17.8 Å². The number of pyridine rings is 1. The van der Waals surface area contributed by atoms with Crippen molar-refractivity contribution in [3.05, 3.63) is 60.4 Å². The van der Waals surface area contributed by atoms with Crippen LogP contribution in [0, 0.1) is 0 Å². The minimum Gasteiger partial charge on any atom is -0.336 e. The Hall–Kier alpha value is -2.86. The third-order valence-corrected chi connectivity index (χ3v) is 7.32. The lowest BCUT2D eigenvalue weighted by molar-refractivity contribution is 0.0658. The van der Waals surface area contributed by atoms with Crippen molar-refractivity contribution in [2.45, 2.75) is 36.8 Å². The number of hydrogen-bond donors (Lipinski definition) is 1. The maximum absolute atomic E-state index is 13.0. The van der Waals surface area contributed by atoms with Crippen LogP contribution in [-0.2, 0) is 12.6 Å². The number of benzene rings is 1. The minimum atomic E-state index is -0.171. The number of hydrogen-bond acceptors (Lipinski definition) is 3. The Kier molecular flexibility index (Phi) is 4.36. The quantitative estimate of drug-likeness (QED) is 0.722. The molecule has 2 aliphatic rings. The molecular formula is C24H29N5O. The van der Waals surface area contributed by atoms with Gasteiger partial charge in [0.2, 0.25) is 0 Å². The molecule has 3 heterocycles. The molecule has 1 saturated heterocycles. The molecule has 2 fully saturated rings.